The molecule has 1 atom stereocenters. The van der Waals surface area contributed by atoms with E-state index in [1.165, 1.54) is 31.4 Å². The minimum absolute atomic E-state index is 0.0666. The van der Waals surface area contributed by atoms with Crippen molar-refractivity contribution in [3.63, 3.8) is 0 Å². The van der Waals surface area contributed by atoms with E-state index >= 15 is 0 Å². The van der Waals surface area contributed by atoms with Crippen LogP contribution in [0.1, 0.15) is 49.4 Å². The summed E-state index contributed by atoms with van der Waals surface area (Å²) in [5.41, 5.74) is 5.79. The molecule has 104 valence electrons. The van der Waals surface area contributed by atoms with Gasteiger partial charge < -0.3 is 11.1 Å². The Balaban J connectivity index is 1.97. The summed E-state index contributed by atoms with van der Waals surface area (Å²) in [6.45, 7) is 2.03. The van der Waals surface area contributed by atoms with Crippen LogP contribution in [0.5, 0.6) is 0 Å². The number of hydrogen-bond donors (Lipinski definition) is 2. The van der Waals surface area contributed by atoms with Crippen LogP contribution in [0.15, 0.2) is 18.2 Å². The van der Waals surface area contributed by atoms with Crippen molar-refractivity contribution in [1.82, 2.24) is 5.32 Å². The minimum atomic E-state index is -0.544. The zero-order chi connectivity index (χ0) is 13.8. The Hall–Kier alpha value is -1.58. The number of hydrogen-bond acceptors (Lipinski definition) is 2. The van der Waals surface area contributed by atoms with Crippen molar-refractivity contribution in [2.24, 2.45) is 5.92 Å². The Morgan fingerprint density at radius 3 is 2.68 bits per heavy atom. The Morgan fingerprint density at radius 1 is 1.37 bits per heavy atom. The molecule has 0 bridgehead atoms. The summed E-state index contributed by atoms with van der Waals surface area (Å²) in [6, 6.07) is 4.31. The molecule has 3 N–H and O–H groups in total. The smallest absolute Gasteiger partial charge is 0.251 e. The molecule has 1 fully saturated rings. The largest absolute Gasteiger partial charge is 0.396 e. The molecule has 1 aliphatic rings. The second-order valence-electron chi connectivity index (χ2n) is 5.40. The summed E-state index contributed by atoms with van der Waals surface area (Å²) in [6.07, 6.45) is 6.10. The molecule has 2 rings (SSSR count). The van der Waals surface area contributed by atoms with Gasteiger partial charge in [0.1, 0.15) is 5.82 Å². The summed E-state index contributed by atoms with van der Waals surface area (Å²) in [5, 5.41) is 2.97. The fourth-order valence-electron chi connectivity index (χ4n) is 2.71. The number of halogens is 1. The SMILES string of the molecule is C[C@@H](NC(=O)c1ccc(N)c(F)c1)C1CCCCC1. The van der Waals surface area contributed by atoms with Gasteiger partial charge in [-0.05, 0) is 43.9 Å². The third-order valence-electron chi connectivity index (χ3n) is 3.98. The van der Waals surface area contributed by atoms with Crippen molar-refractivity contribution in [3.8, 4) is 0 Å². The number of benzene rings is 1. The van der Waals surface area contributed by atoms with Crippen LogP contribution in [0.2, 0.25) is 0 Å². The number of rotatable bonds is 3. The highest BCUT2D eigenvalue weighted by molar-refractivity contribution is 5.94. The summed E-state index contributed by atoms with van der Waals surface area (Å²) in [4.78, 5) is 12.0. The van der Waals surface area contributed by atoms with Crippen LogP contribution in [0, 0.1) is 11.7 Å². The van der Waals surface area contributed by atoms with E-state index in [-0.39, 0.29) is 17.6 Å². The topological polar surface area (TPSA) is 55.1 Å². The lowest BCUT2D eigenvalue weighted by molar-refractivity contribution is 0.0919. The van der Waals surface area contributed by atoms with Crippen molar-refractivity contribution >= 4 is 11.6 Å². The molecule has 19 heavy (non-hydrogen) atoms. The van der Waals surface area contributed by atoms with E-state index in [0.717, 1.165) is 12.8 Å². The number of nitrogens with one attached hydrogen (secondary N) is 1. The third kappa shape index (κ3) is 3.46. The summed E-state index contributed by atoms with van der Waals surface area (Å²) >= 11 is 0. The molecule has 4 heteroatoms. The highest BCUT2D eigenvalue weighted by Crippen LogP contribution is 2.26. The first-order valence-electron chi connectivity index (χ1n) is 6.94. The van der Waals surface area contributed by atoms with Gasteiger partial charge in [0.25, 0.3) is 5.91 Å². The van der Waals surface area contributed by atoms with E-state index < -0.39 is 5.82 Å². The maximum Gasteiger partial charge on any atom is 0.251 e. The van der Waals surface area contributed by atoms with Crippen molar-refractivity contribution in [1.29, 1.82) is 0 Å². The molecule has 0 aromatic heterocycles. The van der Waals surface area contributed by atoms with E-state index in [0.29, 0.717) is 11.5 Å². The van der Waals surface area contributed by atoms with Crippen LogP contribution < -0.4 is 11.1 Å². The van der Waals surface area contributed by atoms with Gasteiger partial charge in [-0.2, -0.15) is 0 Å². The summed E-state index contributed by atoms with van der Waals surface area (Å²) < 4.78 is 13.3. The van der Waals surface area contributed by atoms with E-state index in [9.17, 15) is 9.18 Å². The van der Waals surface area contributed by atoms with Crippen LogP contribution >= 0.6 is 0 Å². The lowest BCUT2D eigenvalue weighted by Gasteiger charge is -2.28. The Labute approximate surface area is 113 Å². The van der Waals surface area contributed by atoms with Crippen LogP contribution in [0.4, 0.5) is 10.1 Å². The van der Waals surface area contributed by atoms with Crippen LogP contribution in [0.3, 0.4) is 0 Å². The maximum absolute atomic E-state index is 13.3. The van der Waals surface area contributed by atoms with Gasteiger partial charge in [0.05, 0.1) is 5.69 Å². The first kappa shape index (κ1) is 13.8. The molecule has 1 amide bonds. The molecule has 0 spiro atoms. The molecule has 1 aromatic carbocycles. The van der Waals surface area contributed by atoms with Crippen molar-refractivity contribution < 1.29 is 9.18 Å². The predicted octanol–water partition coefficient (Wildman–Crippen LogP) is 3.11. The minimum Gasteiger partial charge on any atom is -0.396 e. The third-order valence-corrected chi connectivity index (χ3v) is 3.98. The Kier molecular flexibility index (Phi) is 4.40. The molecule has 1 aromatic rings. The monoisotopic (exact) mass is 264 g/mol. The quantitative estimate of drug-likeness (QED) is 0.824. The number of anilines is 1. The van der Waals surface area contributed by atoms with Crippen LogP contribution in [0.25, 0.3) is 0 Å². The van der Waals surface area contributed by atoms with E-state index in [2.05, 4.69) is 5.32 Å². The van der Waals surface area contributed by atoms with Gasteiger partial charge in [-0.15, -0.1) is 0 Å². The first-order valence-corrected chi connectivity index (χ1v) is 6.94. The number of carbonyl (C=O) groups is 1. The average molecular weight is 264 g/mol. The number of amides is 1. The number of nitrogen functional groups attached to an aromatic ring is 1. The molecule has 1 aliphatic carbocycles. The zero-order valence-electron chi connectivity index (χ0n) is 11.3. The lowest BCUT2D eigenvalue weighted by atomic mass is 9.84. The predicted molar refractivity (Wildman–Crippen MR) is 74.3 cm³/mol. The molecule has 3 nitrogen and oxygen atoms in total. The molecular formula is C15H21FN2O. The van der Waals surface area contributed by atoms with E-state index in [4.69, 9.17) is 5.73 Å². The van der Waals surface area contributed by atoms with Gasteiger partial charge in [-0.1, -0.05) is 19.3 Å². The second-order valence-corrected chi connectivity index (χ2v) is 5.40. The Morgan fingerprint density at radius 2 is 2.05 bits per heavy atom. The molecule has 0 aliphatic heterocycles. The first-order chi connectivity index (χ1) is 9.08. The fraction of sp³-hybridized carbons (Fsp3) is 0.533. The molecule has 0 saturated heterocycles. The highest BCUT2D eigenvalue weighted by atomic mass is 19.1. The highest BCUT2D eigenvalue weighted by Gasteiger charge is 2.22. The zero-order valence-corrected chi connectivity index (χ0v) is 11.3. The second kappa shape index (κ2) is 6.04. The van der Waals surface area contributed by atoms with Crippen molar-refractivity contribution in [3.05, 3.63) is 29.6 Å². The summed E-state index contributed by atoms with van der Waals surface area (Å²) in [7, 11) is 0. The Bertz CT molecular complexity index is 455. The van der Waals surface area contributed by atoms with Gasteiger partial charge in [-0.25, -0.2) is 4.39 Å². The molecule has 0 unspecified atom stereocenters. The van der Waals surface area contributed by atoms with E-state index in [1.807, 2.05) is 6.92 Å². The molecule has 0 radical (unpaired) electrons. The molecule has 1 saturated carbocycles. The van der Waals surface area contributed by atoms with Gasteiger partial charge in [0, 0.05) is 11.6 Å². The van der Waals surface area contributed by atoms with Crippen LogP contribution in [-0.4, -0.2) is 11.9 Å². The van der Waals surface area contributed by atoms with Gasteiger partial charge in [-0.3, -0.25) is 4.79 Å². The lowest BCUT2D eigenvalue weighted by Crippen LogP contribution is -2.38. The average Bonchev–Trinajstić information content (AvgIpc) is 2.42. The normalized spacial score (nSPS) is 18.0. The number of nitrogens with two attached hydrogens (primary N) is 1. The van der Waals surface area contributed by atoms with Crippen molar-refractivity contribution in [2.45, 2.75) is 45.1 Å². The van der Waals surface area contributed by atoms with Gasteiger partial charge in [0.15, 0.2) is 0 Å². The fourth-order valence-corrected chi connectivity index (χ4v) is 2.71. The van der Waals surface area contributed by atoms with Gasteiger partial charge in [0.2, 0.25) is 0 Å². The maximum atomic E-state index is 13.3. The summed E-state index contributed by atoms with van der Waals surface area (Å²) in [5.74, 6) is -0.230. The standard InChI is InChI=1S/C15H21FN2O/c1-10(11-5-3-2-4-6-11)18-15(19)12-7-8-14(17)13(16)9-12/h7-11H,2-6,17H2,1H3,(H,18,19)/t10-/m1/s1. The van der Waals surface area contributed by atoms with E-state index in [1.54, 1.807) is 6.07 Å². The molecule has 0 heterocycles. The van der Waals surface area contributed by atoms with Crippen molar-refractivity contribution in [2.75, 3.05) is 5.73 Å². The van der Waals surface area contributed by atoms with Gasteiger partial charge >= 0.3 is 0 Å². The number of carbonyl (C=O) groups excluding carboxylic acids is 1. The molecular weight excluding hydrogens is 243 g/mol. The van der Waals surface area contributed by atoms with Crippen LogP contribution in [-0.2, 0) is 0 Å².